The van der Waals surface area contributed by atoms with Crippen molar-refractivity contribution in [3.63, 3.8) is 0 Å². The monoisotopic (exact) mass is 239 g/mol. The molecule has 0 aliphatic heterocycles. The zero-order valence-corrected chi connectivity index (χ0v) is 9.97. The minimum Gasteiger partial charge on any atom is -0.356 e. The summed E-state index contributed by atoms with van der Waals surface area (Å²) in [7, 11) is 0. The fourth-order valence-corrected chi connectivity index (χ4v) is 2.08. The van der Waals surface area contributed by atoms with E-state index in [1.54, 1.807) is 10.3 Å². The minimum atomic E-state index is -0.167. The van der Waals surface area contributed by atoms with Crippen molar-refractivity contribution in [3.8, 4) is 0 Å². The van der Waals surface area contributed by atoms with Crippen LogP contribution < -0.4 is 10.9 Å². The van der Waals surface area contributed by atoms with E-state index in [9.17, 15) is 4.79 Å². The minimum absolute atomic E-state index is 0.167. The van der Waals surface area contributed by atoms with Gasteiger partial charge in [-0.15, -0.1) is 0 Å². The van der Waals surface area contributed by atoms with E-state index in [4.69, 9.17) is 0 Å². The van der Waals surface area contributed by atoms with Gasteiger partial charge in [-0.2, -0.15) is 4.98 Å². The van der Waals surface area contributed by atoms with Gasteiger partial charge in [0.25, 0.3) is 5.56 Å². The highest BCUT2D eigenvalue weighted by Crippen LogP contribution is 2.13. The summed E-state index contributed by atoms with van der Waals surface area (Å²) in [5.74, 6) is 1.34. The Bertz CT molecular complexity index is 546. The second kappa shape index (κ2) is 4.56. The predicted octanol–water partition coefficient (Wildman–Crippen LogP) is 1.07. The number of nitrogens with zero attached hydrogens (tertiary/aromatic N) is 3. The summed E-state index contributed by atoms with van der Waals surface area (Å²) in [5, 5.41) is 2.96. The Labute approximate surface area is 96.6 Å². The molecule has 7 heteroatoms. The summed E-state index contributed by atoms with van der Waals surface area (Å²) in [6, 6.07) is 0. The van der Waals surface area contributed by atoms with Gasteiger partial charge in [-0.3, -0.25) is 13.8 Å². The number of aromatic amines is 1. The molecule has 0 bridgehead atoms. The smallest absolute Gasteiger partial charge is 0.279 e. The molecule has 2 rings (SSSR count). The molecular weight excluding hydrogens is 226 g/mol. The quantitative estimate of drug-likeness (QED) is 0.834. The first kappa shape index (κ1) is 11.0. The maximum absolute atomic E-state index is 11.8. The number of fused-ring (bicyclic) bond motifs is 1. The van der Waals surface area contributed by atoms with Crippen LogP contribution in [0.2, 0.25) is 0 Å². The molecule has 0 spiro atoms. The first-order valence-corrected chi connectivity index (χ1v) is 6.05. The van der Waals surface area contributed by atoms with Crippen molar-refractivity contribution in [2.75, 3.05) is 17.6 Å². The van der Waals surface area contributed by atoms with Crippen LogP contribution in [-0.2, 0) is 0 Å². The molecule has 0 fully saturated rings. The lowest BCUT2D eigenvalue weighted by Gasteiger charge is -2.02. The molecule has 16 heavy (non-hydrogen) atoms. The molecule has 0 atom stereocenters. The molecule has 0 aliphatic rings. The first-order valence-electron chi connectivity index (χ1n) is 5.10. The van der Waals surface area contributed by atoms with E-state index in [2.05, 4.69) is 20.3 Å². The van der Waals surface area contributed by atoms with Crippen LogP contribution in [0, 0.1) is 0 Å². The number of rotatable bonds is 4. The third-order valence-corrected chi connectivity index (χ3v) is 2.81. The van der Waals surface area contributed by atoms with Gasteiger partial charge in [0.15, 0.2) is 11.2 Å². The van der Waals surface area contributed by atoms with Crippen molar-refractivity contribution >= 4 is 29.1 Å². The number of aromatic nitrogens is 4. The van der Waals surface area contributed by atoms with Crippen molar-refractivity contribution in [3.05, 3.63) is 16.7 Å². The Balaban J connectivity index is 2.55. The molecule has 0 radical (unpaired) electrons. The van der Waals surface area contributed by atoms with Crippen LogP contribution in [0.15, 0.2) is 11.1 Å². The van der Waals surface area contributed by atoms with Gasteiger partial charge in [-0.1, -0.05) is 6.92 Å². The Morgan fingerprint density at radius 2 is 2.38 bits per heavy atom. The lowest BCUT2D eigenvalue weighted by molar-refractivity contribution is 1.08. The third kappa shape index (κ3) is 1.90. The number of nitrogens with one attached hydrogen (secondary N) is 2. The summed E-state index contributed by atoms with van der Waals surface area (Å²) in [4.78, 5) is 22.8. The zero-order valence-electron chi connectivity index (χ0n) is 9.15. The highest BCUT2D eigenvalue weighted by atomic mass is 32.2. The standard InChI is InChI=1S/C9H13N5OS/c1-3-10-9-12-7-6(8(15)13-9)14(5-11-7)16-4-2/h5H,3-4H2,1-2H3,(H2,10,12,13,15). The van der Waals surface area contributed by atoms with Gasteiger partial charge < -0.3 is 5.32 Å². The Morgan fingerprint density at radius 3 is 3.06 bits per heavy atom. The number of hydrogen-bond acceptors (Lipinski definition) is 5. The molecule has 6 nitrogen and oxygen atoms in total. The molecule has 2 aromatic rings. The summed E-state index contributed by atoms with van der Waals surface area (Å²) < 4.78 is 1.75. The van der Waals surface area contributed by atoms with E-state index in [0.717, 1.165) is 5.75 Å². The molecule has 0 saturated heterocycles. The van der Waals surface area contributed by atoms with Gasteiger partial charge in [0, 0.05) is 12.3 Å². The van der Waals surface area contributed by atoms with Crippen molar-refractivity contribution in [1.82, 2.24) is 18.9 Å². The molecule has 86 valence electrons. The van der Waals surface area contributed by atoms with Crippen molar-refractivity contribution in [1.29, 1.82) is 0 Å². The molecule has 2 heterocycles. The van der Waals surface area contributed by atoms with Crippen LogP contribution in [0.25, 0.3) is 11.2 Å². The number of anilines is 1. The Morgan fingerprint density at radius 1 is 1.56 bits per heavy atom. The summed E-state index contributed by atoms with van der Waals surface area (Å²) in [5.41, 5.74) is 0.813. The number of imidazole rings is 1. The molecule has 0 amide bonds. The Kier molecular flexibility index (Phi) is 3.14. The summed E-state index contributed by atoms with van der Waals surface area (Å²) >= 11 is 1.52. The largest absolute Gasteiger partial charge is 0.356 e. The summed E-state index contributed by atoms with van der Waals surface area (Å²) in [6.45, 7) is 4.67. The highest BCUT2D eigenvalue weighted by molar-refractivity contribution is 7.97. The molecule has 0 aromatic carbocycles. The van der Waals surface area contributed by atoms with Crippen LogP contribution >= 0.6 is 11.9 Å². The lowest BCUT2D eigenvalue weighted by Crippen LogP contribution is -2.14. The van der Waals surface area contributed by atoms with E-state index in [1.807, 2.05) is 13.8 Å². The normalized spacial score (nSPS) is 10.9. The van der Waals surface area contributed by atoms with Crippen molar-refractivity contribution in [2.45, 2.75) is 13.8 Å². The highest BCUT2D eigenvalue weighted by Gasteiger charge is 2.09. The Hall–Kier alpha value is -1.50. The van der Waals surface area contributed by atoms with Gasteiger partial charge in [0.2, 0.25) is 5.95 Å². The first-order chi connectivity index (χ1) is 7.76. The van der Waals surface area contributed by atoms with E-state index < -0.39 is 0 Å². The lowest BCUT2D eigenvalue weighted by atomic mass is 10.5. The van der Waals surface area contributed by atoms with Gasteiger partial charge in [0.1, 0.15) is 6.33 Å². The predicted molar refractivity (Wildman–Crippen MR) is 65.8 cm³/mol. The van der Waals surface area contributed by atoms with Crippen LogP contribution in [0.4, 0.5) is 5.95 Å². The van der Waals surface area contributed by atoms with E-state index in [-0.39, 0.29) is 5.56 Å². The average Bonchev–Trinajstić information content (AvgIpc) is 2.63. The molecular formula is C9H13N5OS. The summed E-state index contributed by atoms with van der Waals surface area (Å²) in [6.07, 6.45) is 1.62. The van der Waals surface area contributed by atoms with E-state index in [0.29, 0.717) is 23.7 Å². The van der Waals surface area contributed by atoms with Gasteiger partial charge in [0.05, 0.1) is 0 Å². The molecule has 0 saturated carbocycles. The van der Waals surface area contributed by atoms with Crippen molar-refractivity contribution < 1.29 is 0 Å². The van der Waals surface area contributed by atoms with Crippen LogP contribution in [-0.4, -0.2) is 31.2 Å². The van der Waals surface area contributed by atoms with Crippen molar-refractivity contribution in [2.24, 2.45) is 0 Å². The fraction of sp³-hybridized carbons (Fsp3) is 0.444. The number of hydrogen-bond donors (Lipinski definition) is 2. The zero-order chi connectivity index (χ0) is 11.5. The van der Waals surface area contributed by atoms with E-state index >= 15 is 0 Å². The van der Waals surface area contributed by atoms with Crippen LogP contribution in [0.5, 0.6) is 0 Å². The molecule has 2 N–H and O–H groups in total. The average molecular weight is 239 g/mol. The fourth-order valence-electron chi connectivity index (χ4n) is 1.40. The maximum Gasteiger partial charge on any atom is 0.279 e. The van der Waals surface area contributed by atoms with Gasteiger partial charge in [-0.05, 0) is 18.9 Å². The van der Waals surface area contributed by atoms with Crippen LogP contribution in [0.3, 0.4) is 0 Å². The molecule has 0 aliphatic carbocycles. The SMILES string of the molecule is CCNc1nc2ncn(SCC)c2c(=O)[nH]1. The maximum atomic E-state index is 11.8. The van der Waals surface area contributed by atoms with Gasteiger partial charge >= 0.3 is 0 Å². The van der Waals surface area contributed by atoms with E-state index in [1.165, 1.54) is 11.9 Å². The number of H-pyrrole nitrogens is 1. The second-order valence-corrected chi connectivity index (χ2v) is 4.33. The topological polar surface area (TPSA) is 75.6 Å². The van der Waals surface area contributed by atoms with Crippen LogP contribution in [0.1, 0.15) is 13.8 Å². The second-order valence-electron chi connectivity index (χ2n) is 3.11. The van der Waals surface area contributed by atoms with Gasteiger partial charge in [-0.25, -0.2) is 4.98 Å². The third-order valence-electron chi connectivity index (χ3n) is 1.99. The molecule has 2 aromatic heterocycles. The molecule has 0 unspecified atom stereocenters.